The van der Waals surface area contributed by atoms with Gasteiger partial charge in [0.15, 0.2) is 0 Å². The van der Waals surface area contributed by atoms with Gasteiger partial charge < -0.3 is 15.1 Å². The second-order valence-corrected chi connectivity index (χ2v) is 7.15. The van der Waals surface area contributed by atoms with Crippen LogP contribution < -0.4 is 10.6 Å². The van der Waals surface area contributed by atoms with Crippen LogP contribution in [0, 0.1) is 11.8 Å². The highest BCUT2D eigenvalue weighted by Gasteiger charge is 2.40. The molecule has 1 aromatic heterocycles. The van der Waals surface area contributed by atoms with Crippen LogP contribution >= 0.6 is 0 Å². The van der Waals surface area contributed by atoms with Crippen molar-refractivity contribution in [2.24, 2.45) is 11.8 Å². The molecule has 2 amide bonds. The maximum atomic E-state index is 12.8. The Hall–Kier alpha value is -2.82. The Balaban J connectivity index is 1.51. The molecule has 1 heterocycles. The molecule has 5 nitrogen and oxygen atoms in total. The fraction of sp³-hybridized carbons (Fsp3) is 0.333. The van der Waals surface area contributed by atoms with E-state index in [1.807, 2.05) is 6.07 Å². The van der Waals surface area contributed by atoms with E-state index in [1.165, 1.54) is 25.5 Å². The second kappa shape index (κ2) is 7.20. The molecule has 0 unspecified atom stereocenters. The van der Waals surface area contributed by atoms with E-state index < -0.39 is 0 Å². The van der Waals surface area contributed by atoms with Crippen molar-refractivity contribution in [2.45, 2.75) is 31.7 Å². The van der Waals surface area contributed by atoms with Gasteiger partial charge >= 0.3 is 0 Å². The van der Waals surface area contributed by atoms with Gasteiger partial charge in [0.25, 0.3) is 11.8 Å². The van der Waals surface area contributed by atoms with Crippen molar-refractivity contribution in [3.05, 3.63) is 65.7 Å². The monoisotopic (exact) mass is 350 g/mol. The molecule has 2 fully saturated rings. The first-order valence-corrected chi connectivity index (χ1v) is 9.11. The lowest BCUT2D eigenvalue weighted by Gasteiger charge is -2.23. The van der Waals surface area contributed by atoms with Gasteiger partial charge in [-0.05, 0) is 55.4 Å². The summed E-state index contributed by atoms with van der Waals surface area (Å²) in [6.07, 6.45) is 7.81. The summed E-state index contributed by atoms with van der Waals surface area (Å²) in [5.74, 6) is 1.26. The summed E-state index contributed by atoms with van der Waals surface area (Å²) in [5.41, 5.74) is 0.710. The van der Waals surface area contributed by atoms with Gasteiger partial charge in [-0.25, -0.2) is 0 Å². The SMILES string of the molecule is O=C(N[C@H]1C[C@@H]2CC[C@@H]1C2)/C(=C/c1ccco1)NC(=O)c1ccccc1. The minimum atomic E-state index is -0.313. The van der Waals surface area contributed by atoms with Crippen molar-refractivity contribution in [3.8, 4) is 0 Å². The van der Waals surface area contributed by atoms with E-state index in [0.717, 1.165) is 12.3 Å². The summed E-state index contributed by atoms with van der Waals surface area (Å²) in [4.78, 5) is 25.3. The molecule has 0 spiro atoms. The zero-order chi connectivity index (χ0) is 17.9. The largest absolute Gasteiger partial charge is 0.465 e. The van der Waals surface area contributed by atoms with Gasteiger partial charge in [0.1, 0.15) is 11.5 Å². The summed E-state index contributed by atoms with van der Waals surface area (Å²) in [7, 11) is 0. The molecule has 2 aliphatic carbocycles. The third-order valence-corrected chi connectivity index (χ3v) is 5.41. The molecule has 2 aliphatic rings. The number of carbonyl (C=O) groups is 2. The van der Waals surface area contributed by atoms with E-state index in [9.17, 15) is 9.59 Å². The third-order valence-electron chi connectivity index (χ3n) is 5.41. The van der Waals surface area contributed by atoms with Crippen molar-refractivity contribution < 1.29 is 14.0 Å². The Bertz CT molecular complexity index is 811. The van der Waals surface area contributed by atoms with Crippen LogP contribution in [0.2, 0.25) is 0 Å². The first-order chi connectivity index (χ1) is 12.7. The van der Waals surface area contributed by atoms with Crippen LogP contribution in [0.15, 0.2) is 58.8 Å². The molecule has 0 aliphatic heterocycles. The number of amides is 2. The molecule has 2 aromatic rings. The number of hydrogen-bond acceptors (Lipinski definition) is 3. The number of rotatable bonds is 5. The van der Waals surface area contributed by atoms with Crippen LogP contribution in [0.5, 0.6) is 0 Å². The van der Waals surface area contributed by atoms with Crippen molar-refractivity contribution in [1.29, 1.82) is 0 Å². The predicted molar refractivity (Wildman–Crippen MR) is 98.0 cm³/mol. The lowest BCUT2D eigenvalue weighted by atomic mass is 9.95. The summed E-state index contributed by atoms with van der Waals surface area (Å²) in [5, 5.41) is 5.86. The minimum Gasteiger partial charge on any atom is -0.465 e. The highest BCUT2D eigenvalue weighted by molar-refractivity contribution is 6.05. The van der Waals surface area contributed by atoms with E-state index in [-0.39, 0.29) is 23.6 Å². The van der Waals surface area contributed by atoms with E-state index in [4.69, 9.17) is 4.42 Å². The van der Waals surface area contributed by atoms with Crippen molar-refractivity contribution in [1.82, 2.24) is 10.6 Å². The number of carbonyl (C=O) groups excluding carboxylic acids is 2. The molecule has 2 saturated carbocycles. The molecular formula is C21H22N2O3. The van der Waals surface area contributed by atoms with E-state index >= 15 is 0 Å². The first-order valence-electron chi connectivity index (χ1n) is 9.11. The number of nitrogens with one attached hydrogen (secondary N) is 2. The maximum Gasteiger partial charge on any atom is 0.268 e. The molecule has 2 bridgehead atoms. The Morgan fingerprint density at radius 1 is 1.04 bits per heavy atom. The number of furan rings is 1. The molecule has 0 saturated heterocycles. The molecule has 0 radical (unpaired) electrons. The lowest BCUT2D eigenvalue weighted by Crippen LogP contribution is -2.42. The van der Waals surface area contributed by atoms with Crippen LogP contribution in [-0.2, 0) is 4.79 Å². The average Bonchev–Trinajstić information content (AvgIpc) is 3.40. The van der Waals surface area contributed by atoms with Crippen LogP contribution in [0.1, 0.15) is 41.8 Å². The van der Waals surface area contributed by atoms with Gasteiger partial charge in [-0.2, -0.15) is 0 Å². The van der Waals surface area contributed by atoms with E-state index in [1.54, 1.807) is 42.5 Å². The van der Waals surface area contributed by atoms with Gasteiger partial charge in [-0.3, -0.25) is 9.59 Å². The van der Waals surface area contributed by atoms with Crippen molar-refractivity contribution in [3.63, 3.8) is 0 Å². The molecule has 1 aromatic carbocycles. The highest BCUT2D eigenvalue weighted by atomic mass is 16.3. The molecular weight excluding hydrogens is 328 g/mol. The fourth-order valence-corrected chi connectivity index (χ4v) is 4.13. The quantitative estimate of drug-likeness (QED) is 0.812. The predicted octanol–water partition coefficient (Wildman–Crippen LogP) is 3.36. The van der Waals surface area contributed by atoms with Crippen LogP contribution in [0.4, 0.5) is 0 Å². The average molecular weight is 350 g/mol. The van der Waals surface area contributed by atoms with Gasteiger partial charge in [0.2, 0.25) is 0 Å². The summed E-state index contributed by atoms with van der Waals surface area (Å²) >= 11 is 0. The molecule has 4 rings (SSSR count). The number of benzene rings is 1. The Labute approximate surface area is 152 Å². The summed E-state index contributed by atoms with van der Waals surface area (Å²) in [6, 6.07) is 12.6. The van der Waals surface area contributed by atoms with Gasteiger partial charge in [0.05, 0.1) is 6.26 Å². The lowest BCUT2D eigenvalue weighted by molar-refractivity contribution is -0.118. The standard InChI is InChI=1S/C21H22N2O3/c24-20(15-5-2-1-3-6-15)23-19(13-17-7-4-10-26-17)21(25)22-18-12-14-8-9-16(18)11-14/h1-7,10,13-14,16,18H,8-9,11-12H2,(H,22,25)(H,23,24)/b19-13-/t14-,16-,18+/m1/s1. The second-order valence-electron chi connectivity index (χ2n) is 7.15. The Morgan fingerprint density at radius 3 is 2.54 bits per heavy atom. The topological polar surface area (TPSA) is 71.3 Å². The van der Waals surface area contributed by atoms with E-state index in [2.05, 4.69) is 10.6 Å². The zero-order valence-corrected chi connectivity index (χ0v) is 14.5. The Kier molecular flexibility index (Phi) is 4.61. The molecule has 2 N–H and O–H groups in total. The Morgan fingerprint density at radius 2 is 1.88 bits per heavy atom. The fourth-order valence-electron chi connectivity index (χ4n) is 4.13. The third kappa shape index (κ3) is 3.57. The van der Waals surface area contributed by atoms with Crippen molar-refractivity contribution in [2.75, 3.05) is 0 Å². The number of fused-ring (bicyclic) bond motifs is 2. The normalized spacial score (nSPS) is 24.5. The van der Waals surface area contributed by atoms with Gasteiger partial charge in [-0.15, -0.1) is 0 Å². The summed E-state index contributed by atoms with van der Waals surface area (Å²) in [6.45, 7) is 0. The smallest absolute Gasteiger partial charge is 0.268 e. The summed E-state index contributed by atoms with van der Waals surface area (Å²) < 4.78 is 5.31. The van der Waals surface area contributed by atoms with Crippen LogP contribution in [-0.4, -0.2) is 17.9 Å². The van der Waals surface area contributed by atoms with Crippen LogP contribution in [0.25, 0.3) is 6.08 Å². The maximum absolute atomic E-state index is 12.8. The molecule has 5 heteroatoms. The molecule has 26 heavy (non-hydrogen) atoms. The van der Waals surface area contributed by atoms with Gasteiger partial charge in [0, 0.05) is 17.7 Å². The number of hydrogen-bond donors (Lipinski definition) is 2. The highest BCUT2D eigenvalue weighted by Crippen LogP contribution is 2.44. The van der Waals surface area contributed by atoms with Gasteiger partial charge in [-0.1, -0.05) is 24.6 Å². The first kappa shape index (κ1) is 16.6. The van der Waals surface area contributed by atoms with Crippen molar-refractivity contribution >= 4 is 17.9 Å². The minimum absolute atomic E-state index is 0.204. The zero-order valence-electron chi connectivity index (χ0n) is 14.5. The van der Waals surface area contributed by atoms with E-state index in [0.29, 0.717) is 17.2 Å². The van der Waals surface area contributed by atoms with Crippen LogP contribution in [0.3, 0.4) is 0 Å². The molecule has 134 valence electrons. The molecule has 3 atom stereocenters.